The van der Waals surface area contributed by atoms with Crippen LogP contribution in [-0.4, -0.2) is 12.5 Å². The fourth-order valence-electron chi connectivity index (χ4n) is 2.58. The van der Waals surface area contributed by atoms with Crippen molar-refractivity contribution in [1.82, 2.24) is 0 Å². The Hall–Kier alpha value is -2.29. The normalized spacial score (nSPS) is 11.2. The minimum absolute atomic E-state index is 0.0358. The van der Waals surface area contributed by atoms with E-state index in [9.17, 15) is 4.79 Å². The van der Waals surface area contributed by atoms with Gasteiger partial charge < -0.3 is 10.1 Å². The van der Waals surface area contributed by atoms with Crippen LogP contribution >= 0.6 is 0 Å². The molecule has 128 valence electrons. The lowest BCUT2D eigenvalue weighted by molar-refractivity contribution is -0.116. The van der Waals surface area contributed by atoms with Gasteiger partial charge in [-0.05, 0) is 60.2 Å². The summed E-state index contributed by atoms with van der Waals surface area (Å²) in [6.45, 7) is 11.0. The highest BCUT2D eigenvalue weighted by molar-refractivity contribution is 5.90. The lowest BCUT2D eigenvalue weighted by atomic mass is 9.87. The van der Waals surface area contributed by atoms with Crippen LogP contribution in [0.25, 0.3) is 0 Å². The summed E-state index contributed by atoms with van der Waals surface area (Å²) in [6, 6.07) is 14.1. The van der Waals surface area contributed by atoms with Crippen LogP contribution in [0.3, 0.4) is 0 Å². The van der Waals surface area contributed by atoms with E-state index in [0.29, 0.717) is 13.0 Å². The highest BCUT2D eigenvalue weighted by Gasteiger charge is 2.13. The van der Waals surface area contributed by atoms with Crippen molar-refractivity contribution in [3.63, 3.8) is 0 Å². The topological polar surface area (TPSA) is 38.3 Å². The number of carbonyl (C=O) groups is 1. The molecule has 0 saturated heterocycles. The number of ether oxygens (including phenoxy) is 1. The SMILES string of the molecule is Cc1cc(C)cc(NC(=O)CCOc2ccc(C(C)(C)C)cc2)c1. The summed E-state index contributed by atoms with van der Waals surface area (Å²) in [5, 5.41) is 2.92. The maximum absolute atomic E-state index is 12.0. The molecule has 0 aromatic heterocycles. The van der Waals surface area contributed by atoms with Gasteiger partial charge in [0.2, 0.25) is 5.91 Å². The summed E-state index contributed by atoms with van der Waals surface area (Å²) in [7, 11) is 0. The molecule has 1 N–H and O–H groups in total. The van der Waals surface area contributed by atoms with Crippen LogP contribution < -0.4 is 10.1 Å². The monoisotopic (exact) mass is 325 g/mol. The van der Waals surface area contributed by atoms with Gasteiger partial charge in [-0.3, -0.25) is 4.79 Å². The molecule has 0 aliphatic rings. The molecule has 3 nitrogen and oxygen atoms in total. The summed E-state index contributed by atoms with van der Waals surface area (Å²) < 4.78 is 5.67. The van der Waals surface area contributed by atoms with Crippen molar-refractivity contribution >= 4 is 11.6 Å². The number of anilines is 1. The first-order valence-corrected chi connectivity index (χ1v) is 8.35. The molecule has 0 radical (unpaired) electrons. The number of rotatable bonds is 5. The largest absolute Gasteiger partial charge is 0.493 e. The van der Waals surface area contributed by atoms with Gasteiger partial charge in [0, 0.05) is 5.69 Å². The summed E-state index contributed by atoms with van der Waals surface area (Å²) in [6.07, 6.45) is 0.327. The maximum Gasteiger partial charge on any atom is 0.227 e. The minimum Gasteiger partial charge on any atom is -0.493 e. The number of carbonyl (C=O) groups excluding carboxylic acids is 1. The van der Waals surface area contributed by atoms with Gasteiger partial charge in [0.15, 0.2) is 0 Å². The number of hydrogen-bond acceptors (Lipinski definition) is 2. The predicted octanol–water partition coefficient (Wildman–Crippen LogP) is 5.01. The van der Waals surface area contributed by atoms with E-state index in [1.165, 1.54) is 5.56 Å². The third-order valence-corrected chi connectivity index (χ3v) is 3.82. The molecule has 0 bridgehead atoms. The molecule has 0 aliphatic heterocycles. The number of aryl methyl sites for hydroxylation is 2. The predicted molar refractivity (Wildman–Crippen MR) is 99.8 cm³/mol. The third-order valence-electron chi connectivity index (χ3n) is 3.82. The smallest absolute Gasteiger partial charge is 0.227 e. The molecule has 2 aromatic carbocycles. The van der Waals surface area contributed by atoms with Crippen LogP contribution in [0, 0.1) is 13.8 Å². The molecule has 3 heteroatoms. The number of amides is 1. The van der Waals surface area contributed by atoms with E-state index in [0.717, 1.165) is 22.6 Å². The molecule has 0 fully saturated rings. The Balaban J connectivity index is 1.82. The van der Waals surface area contributed by atoms with Crippen LogP contribution in [-0.2, 0) is 10.2 Å². The Kier molecular flexibility index (Phi) is 5.66. The van der Waals surface area contributed by atoms with Gasteiger partial charge in [-0.2, -0.15) is 0 Å². The van der Waals surface area contributed by atoms with Crippen molar-refractivity contribution in [2.45, 2.75) is 46.5 Å². The molecule has 0 spiro atoms. The van der Waals surface area contributed by atoms with Gasteiger partial charge in [0.05, 0.1) is 13.0 Å². The lowest BCUT2D eigenvalue weighted by Crippen LogP contribution is -2.15. The van der Waals surface area contributed by atoms with E-state index in [4.69, 9.17) is 4.74 Å². The molecule has 24 heavy (non-hydrogen) atoms. The molecular formula is C21H27NO2. The molecule has 0 aliphatic carbocycles. The van der Waals surface area contributed by atoms with Crippen molar-refractivity contribution < 1.29 is 9.53 Å². The highest BCUT2D eigenvalue weighted by Crippen LogP contribution is 2.24. The number of nitrogens with one attached hydrogen (secondary N) is 1. The van der Waals surface area contributed by atoms with E-state index in [1.807, 2.05) is 38.1 Å². The minimum atomic E-state index is -0.0358. The van der Waals surface area contributed by atoms with E-state index in [2.05, 4.69) is 44.3 Å². The lowest BCUT2D eigenvalue weighted by Gasteiger charge is -2.19. The fraction of sp³-hybridized carbons (Fsp3) is 0.381. The second-order valence-electron chi connectivity index (χ2n) is 7.30. The van der Waals surface area contributed by atoms with E-state index < -0.39 is 0 Å². The molecule has 0 atom stereocenters. The summed E-state index contributed by atoms with van der Waals surface area (Å²) in [5.41, 5.74) is 4.51. The van der Waals surface area contributed by atoms with E-state index in [1.54, 1.807) is 0 Å². The quantitative estimate of drug-likeness (QED) is 0.839. The summed E-state index contributed by atoms with van der Waals surface area (Å²) in [4.78, 5) is 12.0. The third kappa shape index (κ3) is 5.41. The van der Waals surface area contributed by atoms with Crippen LogP contribution in [0.2, 0.25) is 0 Å². The van der Waals surface area contributed by atoms with Crippen molar-refractivity contribution in [1.29, 1.82) is 0 Å². The van der Waals surface area contributed by atoms with Gasteiger partial charge in [-0.15, -0.1) is 0 Å². The maximum atomic E-state index is 12.0. The van der Waals surface area contributed by atoms with Gasteiger partial charge in [-0.1, -0.05) is 39.0 Å². The number of hydrogen-bond donors (Lipinski definition) is 1. The van der Waals surface area contributed by atoms with Crippen LogP contribution in [0.5, 0.6) is 5.75 Å². The Morgan fingerprint density at radius 3 is 2.12 bits per heavy atom. The Labute approximate surface area is 145 Å². The molecule has 2 aromatic rings. The standard InChI is InChI=1S/C21H27NO2/c1-15-12-16(2)14-18(13-15)22-20(23)10-11-24-19-8-6-17(7-9-19)21(3,4)5/h6-9,12-14H,10-11H2,1-5H3,(H,22,23). The number of benzene rings is 2. The van der Waals surface area contributed by atoms with Crippen LogP contribution in [0.4, 0.5) is 5.69 Å². The second kappa shape index (κ2) is 7.52. The van der Waals surface area contributed by atoms with Gasteiger partial charge in [-0.25, -0.2) is 0 Å². The molecule has 0 heterocycles. The first-order valence-electron chi connectivity index (χ1n) is 8.35. The van der Waals surface area contributed by atoms with E-state index >= 15 is 0 Å². The van der Waals surface area contributed by atoms with Crippen LogP contribution in [0.1, 0.15) is 43.9 Å². The molecule has 0 unspecified atom stereocenters. The van der Waals surface area contributed by atoms with Crippen molar-refractivity contribution in [2.24, 2.45) is 0 Å². The second-order valence-corrected chi connectivity index (χ2v) is 7.30. The molecule has 2 rings (SSSR count). The van der Waals surface area contributed by atoms with Gasteiger partial charge in [0.1, 0.15) is 5.75 Å². The van der Waals surface area contributed by atoms with Crippen molar-refractivity contribution in [3.05, 3.63) is 59.2 Å². The Morgan fingerprint density at radius 2 is 1.58 bits per heavy atom. The van der Waals surface area contributed by atoms with Crippen LogP contribution in [0.15, 0.2) is 42.5 Å². The van der Waals surface area contributed by atoms with E-state index in [-0.39, 0.29) is 11.3 Å². The molecule has 1 amide bonds. The zero-order chi connectivity index (χ0) is 17.7. The average Bonchev–Trinajstić information content (AvgIpc) is 2.45. The summed E-state index contributed by atoms with van der Waals surface area (Å²) in [5.74, 6) is 0.758. The molecule has 0 saturated carbocycles. The Bertz CT molecular complexity index is 677. The van der Waals surface area contributed by atoms with Gasteiger partial charge in [0.25, 0.3) is 0 Å². The van der Waals surface area contributed by atoms with Crippen molar-refractivity contribution in [2.75, 3.05) is 11.9 Å². The van der Waals surface area contributed by atoms with Crippen molar-refractivity contribution in [3.8, 4) is 5.75 Å². The first kappa shape index (κ1) is 18.1. The zero-order valence-corrected chi connectivity index (χ0v) is 15.3. The first-order chi connectivity index (χ1) is 11.2. The summed E-state index contributed by atoms with van der Waals surface area (Å²) >= 11 is 0. The Morgan fingerprint density at radius 1 is 1.00 bits per heavy atom. The van der Waals surface area contributed by atoms with Gasteiger partial charge >= 0.3 is 0 Å². The molecular weight excluding hydrogens is 298 g/mol. The average molecular weight is 325 g/mol. The fourth-order valence-corrected chi connectivity index (χ4v) is 2.58. The highest BCUT2D eigenvalue weighted by atomic mass is 16.5. The zero-order valence-electron chi connectivity index (χ0n) is 15.3.